The van der Waals surface area contributed by atoms with E-state index in [-0.39, 0.29) is 63.7 Å². The summed E-state index contributed by atoms with van der Waals surface area (Å²) < 4.78 is 55.9. The topological polar surface area (TPSA) is 9.23 Å². The molecule has 0 atom stereocenters. The molecule has 0 bridgehead atoms. The van der Waals surface area contributed by atoms with Gasteiger partial charge in [0, 0.05) is 12.5 Å². The summed E-state index contributed by atoms with van der Waals surface area (Å²) >= 11 is 0. The van der Waals surface area contributed by atoms with Crippen LogP contribution in [0, 0.1) is 5.82 Å². The first-order chi connectivity index (χ1) is 9.47. The second kappa shape index (κ2) is 8.33. The van der Waals surface area contributed by atoms with Crippen LogP contribution in [0.4, 0.5) is 17.3 Å². The Balaban J connectivity index is 0.00000220. The Hall–Kier alpha value is -0.339. The summed E-state index contributed by atoms with van der Waals surface area (Å²) in [6.07, 6.45) is 0.605. The number of hydrogen-bond donors (Lipinski definition) is 0. The summed E-state index contributed by atoms with van der Waals surface area (Å²) in [4.78, 5) is 0. The van der Waals surface area contributed by atoms with E-state index in [9.17, 15) is 17.3 Å². The molecule has 2 rings (SSSR count). The SMILES string of the molecule is Fc1cc(OCCc2ccccc2)ccc1[B-](F)(F)F.[K+]. The molecule has 21 heavy (non-hydrogen) atoms. The molecule has 2 aromatic rings. The number of benzene rings is 2. The third-order valence-corrected chi connectivity index (χ3v) is 2.83. The zero-order valence-electron chi connectivity index (χ0n) is 11.5. The predicted molar refractivity (Wildman–Crippen MR) is 70.8 cm³/mol. The molecule has 0 fully saturated rings. The third kappa shape index (κ3) is 5.75. The van der Waals surface area contributed by atoms with Gasteiger partial charge < -0.3 is 17.7 Å². The van der Waals surface area contributed by atoms with Crippen molar-refractivity contribution in [2.24, 2.45) is 0 Å². The van der Waals surface area contributed by atoms with Gasteiger partial charge in [-0.05, 0) is 11.6 Å². The standard InChI is InChI=1S/C14H12BF4O.K/c16-14-10-12(6-7-13(14)15(17,18)19)20-9-8-11-4-2-1-3-5-11;/h1-7,10H,8-9H2;/q-1;+1. The van der Waals surface area contributed by atoms with Crippen molar-refractivity contribution in [2.45, 2.75) is 6.42 Å². The van der Waals surface area contributed by atoms with E-state index in [0.29, 0.717) is 12.5 Å². The van der Waals surface area contributed by atoms with Gasteiger partial charge in [0.05, 0.1) is 12.4 Å². The van der Waals surface area contributed by atoms with Crippen LogP contribution in [0.25, 0.3) is 0 Å². The van der Waals surface area contributed by atoms with E-state index in [1.807, 2.05) is 30.3 Å². The number of rotatable bonds is 5. The van der Waals surface area contributed by atoms with Gasteiger partial charge in [0.1, 0.15) is 5.75 Å². The molecule has 0 heterocycles. The van der Waals surface area contributed by atoms with E-state index in [0.717, 1.165) is 17.7 Å². The summed E-state index contributed by atoms with van der Waals surface area (Å²) in [6, 6.07) is 12.1. The third-order valence-electron chi connectivity index (χ3n) is 2.83. The maximum absolute atomic E-state index is 13.3. The Kier molecular flexibility index (Phi) is 7.43. The van der Waals surface area contributed by atoms with Crippen LogP contribution in [-0.2, 0) is 6.42 Å². The van der Waals surface area contributed by atoms with Crippen molar-refractivity contribution in [3.8, 4) is 5.75 Å². The van der Waals surface area contributed by atoms with Crippen LogP contribution in [-0.4, -0.2) is 13.6 Å². The van der Waals surface area contributed by atoms with Gasteiger partial charge >= 0.3 is 58.4 Å². The number of hydrogen-bond acceptors (Lipinski definition) is 1. The molecule has 0 radical (unpaired) electrons. The van der Waals surface area contributed by atoms with Crippen molar-refractivity contribution in [3.05, 3.63) is 59.9 Å². The molecule has 0 saturated heterocycles. The van der Waals surface area contributed by atoms with Crippen molar-refractivity contribution in [1.82, 2.24) is 0 Å². The zero-order chi connectivity index (χ0) is 14.6. The molecule has 0 aliphatic rings. The van der Waals surface area contributed by atoms with Crippen LogP contribution in [0.2, 0.25) is 0 Å². The van der Waals surface area contributed by atoms with Gasteiger partial charge in [-0.3, -0.25) is 0 Å². The van der Waals surface area contributed by atoms with Crippen LogP contribution in [0.1, 0.15) is 5.56 Å². The molecule has 106 valence electrons. The second-order valence-electron chi connectivity index (χ2n) is 4.34. The van der Waals surface area contributed by atoms with Gasteiger partial charge in [-0.2, -0.15) is 0 Å². The Morgan fingerprint density at radius 3 is 2.19 bits per heavy atom. The van der Waals surface area contributed by atoms with Crippen LogP contribution >= 0.6 is 0 Å². The Morgan fingerprint density at radius 1 is 0.952 bits per heavy atom. The normalized spacial score (nSPS) is 10.9. The number of halogens is 4. The molecule has 0 aliphatic heterocycles. The first-order valence-electron chi connectivity index (χ1n) is 6.13. The van der Waals surface area contributed by atoms with E-state index < -0.39 is 18.3 Å². The first kappa shape index (κ1) is 18.7. The van der Waals surface area contributed by atoms with Crippen molar-refractivity contribution >= 4 is 12.4 Å². The Bertz CT molecular complexity index is 575. The van der Waals surface area contributed by atoms with Gasteiger partial charge in [-0.1, -0.05) is 41.9 Å². The van der Waals surface area contributed by atoms with Gasteiger partial charge in [-0.15, -0.1) is 0 Å². The van der Waals surface area contributed by atoms with E-state index in [1.54, 1.807) is 0 Å². The smallest absolute Gasteiger partial charge is 0.493 e. The maximum atomic E-state index is 13.3. The molecule has 1 nitrogen and oxygen atoms in total. The minimum absolute atomic E-state index is 0. The van der Waals surface area contributed by atoms with Crippen molar-refractivity contribution in [2.75, 3.05) is 6.61 Å². The van der Waals surface area contributed by atoms with Crippen LogP contribution in [0.5, 0.6) is 5.75 Å². The molecule has 0 amide bonds. The molecule has 0 saturated carbocycles. The van der Waals surface area contributed by atoms with E-state index in [1.165, 1.54) is 0 Å². The van der Waals surface area contributed by atoms with Crippen LogP contribution in [0.15, 0.2) is 48.5 Å². The second-order valence-corrected chi connectivity index (χ2v) is 4.34. The van der Waals surface area contributed by atoms with E-state index >= 15 is 0 Å². The molecule has 0 aliphatic carbocycles. The fourth-order valence-electron chi connectivity index (χ4n) is 1.79. The minimum atomic E-state index is -5.33. The molecular weight excluding hydrogens is 310 g/mol. The summed E-state index contributed by atoms with van der Waals surface area (Å²) in [5.74, 6) is -1.20. The first-order valence-corrected chi connectivity index (χ1v) is 6.13. The molecule has 7 heteroatoms. The zero-order valence-corrected chi connectivity index (χ0v) is 14.7. The maximum Gasteiger partial charge on any atom is 1.00 e. The van der Waals surface area contributed by atoms with E-state index in [2.05, 4.69) is 0 Å². The molecule has 0 N–H and O–H groups in total. The summed E-state index contributed by atoms with van der Waals surface area (Å²) in [6.45, 7) is -5.05. The van der Waals surface area contributed by atoms with Crippen LogP contribution < -0.4 is 61.6 Å². The van der Waals surface area contributed by atoms with Gasteiger partial charge in [0.25, 0.3) is 0 Å². The largest absolute Gasteiger partial charge is 1.00 e. The molecule has 2 aromatic carbocycles. The minimum Gasteiger partial charge on any atom is -0.493 e. The van der Waals surface area contributed by atoms with Gasteiger partial charge in [0.2, 0.25) is 0 Å². The predicted octanol–water partition coefficient (Wildman–Crippen LogP) is 0.506. The van der Waals surface area contributed by atoms with Crippen molar-refractivity contribution in [1.29, 1.82) is 0 Å². The monoisotopic (exact) mass is 322 g/mol. The fourth-order valence-corrected chi connectivity index (χ4v) is 1.79. The molecule has 0 spiro atoms. The molecule has 0 aromatic heterocycles. The Morgan fingerprint density at radius 2 is 1.62 bits per heavy atom. The van der Waals surface area contributed by atoms with Crippen molar-refractivity contribution < 1.29 is 73.5 Å². The molecular formula is C14H12BF4KO. The van der Waals surface area contributed by atoms with Gasteiger partial charge in [0.15, 0.2) is 0 Å². The van der Waals surface area contributed by atoms with Crippen LogP contribution in [0.3, 0.4) is 0 Å². The average Bonchev–Trinajstić information content (AvgIpc) is 2.38. The van der Waals surface area contributed by atoms with Crippen molar-refractivity contribution in [3.63, 3.8) is 0 Å². The summed E-state index contributed by atoms with van der Waals surface area (Å²) in [5.41, 5.74) is -0.177. The Labute approximate surface area is 163 Å². The van der Waals surface area contributed by atoms with E-state index in [4.69, 9.17) is 4.74 Å². The number of ether oxygens (including phenoxy) is 1. The van der Waals surface area contributed by atoms with Gasteiger partial charge in [-0.25, -0.2) is 4.39 Å². The quantitative estimate of drug-likeness (QED) is 0.576. The summed E-state index contributed by atoms with van der Waals surface area (Å²) in [7, 11) is 0. The fraction of sp³-hybridized carbons (Fsp3) is 0.143. The summed E-state index contributed by atoms with van der Waals surface area (Å²) in [5, 5.41) is 0. The average molecular weight is 322 g/mol. The molecule has 0 unspecified atom stereocenters.